The van der Waals surface area contributed by atoms with Crippen LogP contribution in [0.5, 0.6) is 0 Å². The predicted molar refractivity (Wildman–Crippen MR) is 59.9 cm³/mol. The first-order chi connectivity index (χ1) is 8.20. The van der Waals surface area contributed by atoms with E-state index in [1.807, 2.05) is 6.07 Å². The van der Waals surface area contributed by atoms with Crippen LogP contribution in [0.15, 0.2) is 36.1 Å². The van der Waals surface area contributed by atoms with Gasteiger partial charge in [-0.3, -0.25) is 10.1 Å². The van der Waals surface area contributed by atoms with Gasteiger partial charge in [-0.1, -0.05) is 0 Å². The lowest BCUT2D eigenvalue weighted by Crippen LogP contribution is -2.07. The standard InChI is InChI=1S/C12H10N2O3/c13-8-11-2-1-3-12(17-11)9-4-6-10(7-5-9)14(15)16/h2,4-7,12H,1,3H2/t12-/m1/s1. The van der Waals surface area contributed by atoms with Crippen LogP contribution < -0.4 is 0 Å². The van der Waals surface area contributed by atoms with Crippen LogP contribution >= 0.6 is 0 Å². The van der Waals surface area contributed by atoms with E-state index in [4.69, 9.17) is 10.00 Å². The van der Waals surface area contributed by atoms with Gasteiger partial charge in [-0.15, -0.1) is 0 Å². The number of ether oxygens (including phenoxy) is 1. The van der Waals surface area contributed by atoms with Crippen LogP contribution in [-0.2, 0) is 4.74 Å². The Balaban J connectivity index is 2.16. The first-order valence-electron chi connectivity index (χ1n) is 5.22. The summed E-state index contributed by atoms with van der Waals surface area (Å²) in [5.41, 5.74) is 0.914. The monoisotopic (exact) mass is 230 g/mol. The molecule has 0 amide bonds. The minimum absolute atomic E-state index is 0.0561. The van der Waals surface area contributed by atoms with Crippen molar-refractivity contribution in [1.29, 1.82) is 5.26 Å². The van der Waals surface area contributed by atoms with E-state index in [9.17, 15) is 10.1 Å². The molecule has 1 aliphatic rings. The number of allylic oxidation sites excluding steroid dienone is 2. The Morgan fingerprint density at radius 2 is 2.12 bits per heavy atom. The summed E-state index contributed by atoms with van der Waals surface area (Å²) in [6, 6.07) is 8.20. The van der Waals surface area contributed by atoms with Crippen molar-refractivity contribution in [1.82, 2.24) is 0 Å². The van der Waals surface area contributed by atoms with E-state index in [0.717, 1.165) is 18.4 Å². The number of hydrogen-bond donors (Lipinski definition) is 0. The third kappa shape index (κ3) is 2.42. The molecule has 1 aromatic carbocycles. The van der Waals surface area contributed by atoms with Crippen LogP contribution in [0.4, 0.5) is 5.69 Å². The van der Waals surface area contributed by atoms with Gasteiger partial charge < -0.3 is 4.74 Å². The summed E-state index contributed by atoms with van der Waals surface area (Å²) < 4.78 is 5.45. The summed E-state index contributed by atoms with van der Waals surface area (Å²) in [4.78, 5) is 10.1. The number of non-ortho nitro benzene ring substituents is 1. The summed E-state index contributed by atoms with van der Waals surface area (Å²) >= 11 is 0. The molecule has 0 radical (unpaired) electrons. The third-order valence-corrected chi connectivity index (χ3v) is 2.61. The molecule has 86 valence electrons. The molecule has 0 N–H and O–H groups in total. The molecule has 0 saturated carbocycles. The second-order valence-electron chi connectivity index (χ2n) is 3.71. The fraction of sp³-hybridized carbons (Fsp3) is 0.250. The lowest BCUT2D eigenvalue weighted by Gasteiger charge is -2.21. The van der Waals surface area contributed by atoms with Gasteiger partial charge in [0.2, 0.25) is 0 Å². The van der Waals surface area contributed by atoms with Crippen LogP contribution in [-0.4, -0.2) is 4.92 Å². The third-order valence-electron chi connectivity index (χ3n) is 2.61. The lowest BCUT2D eigenvalue weighted by atomic mass is 10.0. The van der Waals surface area contributed by atoms with E-state index in [0.29, 0.717) is 5.76 Å². The molecule has 1 heterocycles. The van der Waals surface area contributed by atoms with Crippen molar-refractivity contribution in [2.45, 2.75) is 18.9 Å². The molecule has 0 saturated heterocycles. The number of nitro groups is 1. The van der Waals surface area contributed by atoms with E-state index >= 15 is 0 Å². The number of nitro benzene ring substituents is 1. The normalized spacial score (nSPS) is 18.8. The van der Waals surface area contributed by atoms with E-state index in [1.54, 1.807) is 18.2 Å². The van der Waals surface area contributed by atoms with Gasteiger partial charge in [0.05, 0.1) is 4.92 Å². The van der Waals surface area contributed by atoms with Gasteiger partial charge in [-0.05, 0) is 36.6 Å². The highest BCUT2D eigenvalue weighted by Gasteiger charge is 2.18. The molecule has 1 aromatic rings. The molecule has 0 spiro atoms. The van der Waals surface area contributed by atoms with Crippen molar-refractivity contribution in [3.05, 3.63) is 51.8 Å². The van der Waals surface area contributed by atoms with Crippen LogP contribution in [0.25, 0.3) is 0 Å². The van der Waals surface area contributed by atoms with Crippen LogP contribution in [0, 0.1) is 21.4 Å². The van der Waals surface area contributed by atoms with Gasteiger partial charge in [0, 0.05) is 12.1 Å². The van der Waals surface area contributed by atoms with Gasteiger partial charge in [0.15, 0.2) is 5.76 Å². The first-order valence-corrected chi connectivity index (χ1v) is 5.22. The summed E-state index contributed by atoms with van der Waals surface area (Å²) in [5, 5.41) is 19.2. The second-order valence-corrected chi connectivity index (χ2v) is 3.71. The maximum atomic E-state index is 10.5. The topological polar surface area (TPSA) is 76.2 Å². The fourth-order valence-electron chi connectivity index (χ4n) is 1.74. The molecule has 1 aliphatic heterocycles. The molecule has 0 unspecified atom stereocenters. The SMILES string of the molecule is N#CC1=CCC[C@H](c2ccc([N+](=O)[O-])cc2)O1. The summed E-state index contributed by atoms with van der Waals surface area (Å²) in [5.74, 6) is 0.319. The molecule has 0 fully saturated rings. The molecule has 0 aliphatic carbocycles. The maximum absolute atomic E-state index is 10.5. The predicted octanol–water partition coefficient (Wildman–Crippen LogP) is 2.85. The van der Waals surface area contributed by atoms with Crippen LogP contribution in [0.2, 0.25) is 0 Å². The summed E-state index contributed by atoms with van der Waals surface area (Å²) in [7, 11) is 0. The van der Waals surface area contributed by atoms with Crippen molar-refractivity contribution in [2.75, 3.05) is 0 Å². The Bertz CT molecular complexity index is 499. The largest absolute Gasteiger partial charge is 0.476 e. The van der Waals surface area contributed by atoms with Crippen LogP contribution in [0.3, 0.4) is 0 Å². The average Bonchev–Trinajstić information content (AvgIpc) is 2.39. The van der Waals surface area contributed by atoms with Gasteiger partial charge in [-0.25, -0.2) is 0 Å². The minimum atomic E-state index is -0.438. The van der Waals surface area contributed by atoms with E-state index in [1.165, 1.54) is 12.1 Å². The number of nitrogens with zero attached hydrogens (tertiary/aromatic N) is 2. The molecular weight excluding hydrogens is 220 g/mol. The zero-order valence-corrected chi connectivity index (χ0v) is 9.00. The smallest absolute Gasteiger partial charge is 0.269 e. The zero-order valence-electron chi connectivity index (χ0n) is 9.00. The Kier molecular flexibility index (Phi) is 3.06. The van der Waals surface area contributed by atoms with Gasteiger partial charge in [0.25, 0.3) is 5.69 Å². The minimum Gasteiger partial charge on any atom is -0.476 e. The van der Waals surface area contributed by atoms with Crippen LogP contribution in [0.1, 0.15) is 24.5 Å². The quantitative estimate of drug-likeness (QED) is 0.578. The Hall–Kier alpha value is -2.35. The number of benzene rings is 1. The van der Waals surface area contributed by atoms with Crippen molar-refractivity contribution in [3.8, 4) is 6.07 Å². The second kappa shape index (κ2) is 4.66. The molecule has 2 rings (SSSR count). The number of rotatable bonds is 2. The molecule has 0 aromatic heterocycles. The van der Waals surface area contributed by atoms with E-state index < -0.39 is 4.92 Å². The van der Waals surface area contributed by atoms with E-state index in [-0.39, 0.29) is 11.8 Å². The Labute approximate surface area is 98.1 Å². The number of nitriles is 1. The molecule has 17 heavy (non-hydrogen) atoms. The average molecular weight is 230 g/mol. The van der Waals surface area contributed by atoms with E-state index in [2.05, 4.69) is 0 Å². The molecule has 5 nitrogen and oxygen atoms in total. The van der Waals surface area contributed by atoms with Crippen molar-refractivity contribution >= 4 is 5.69 Å². The molecule has 0 bridgehead atoms. The van der Waals surface area contributed by atoms with Crippen molar-refractivity contribution in [3.63, 3.8) is 0 Å². The van der Waals surface area contributed by atoms with Gasteiger partial charge >= 0.3 is 0 Å². The maximum Gasteiger partial charge on any atom is 0.269 e. The fourth-order valence-corrected chi connectivity index (χ4v) is 1.74. The highest BCUT2D eigenvalue weighted by molar-refractivity contribution is 5.34. The molecule has 5 heteroatoms. The Morgan fingerprint density at radius 1 is 1.41 bits per heavy atom. The highest BCUT2D eigenvalue weighted by Crippen LogP contribution is 2.30. The van der Waals surface area contributed by atoms with Gasteiger partial charge in [-0.2, -0.15) is 5.26 Å². The van der Waals surface area contributed by atoms with Gasteiger partial charge in [0.1, 0.15) is 12.2 Å². The Morgan fingerprint density at radius 3 is 2.71 bits per heavy atom. The first kappa shape index (κ1) is 11.1. The van der Waals surface area contributed by atoms with Crippen molar-refractivity contribution in [2.24, 2.45) is 0 Å². The lowest BCUT2D eigenvalue weighted by molar-refractivity contribution is -0.384. The molecule has 1 atom stereocenters. The number of hydrogen-bond acceptors (Lipinski definition) is 4. The summed E-state index contributed by atoms with van der Waals surface area (Å²) in [6.07, 6.45) is 3.13. The highest BCUT2D eigenvalue weighted by atomic mass is 16.6. The molecular formula is C12H10N2O3. The van der Waals surface area contributed by atoms with Crippen molar-refractivity contribution < 1.29 is 9.66 Å². The zero-order chi connectivity index (χ0) is 12.3. The summed E-state index contributed by atoms with van der Waals surface area (Å²) in [6.45, 7) is 0.